The fraction of sp³-hybridized carbons (Fsp3) is 0.364. The molecule has 2 saturated heterocycles. The molecular formula is C22H23BrN2O3S. The van der Waals surface area contributed by atoms with Gasteiger partial charge in [0.25, 0.3) is 11.8 Å². The van der Waals surface area contributed by atoms with E-state index in [4.69, 9.17) is 4.74 Å². The van der Waals surface area contributed by atoms with Crippen molar-refractivity contribution in [3.63, 3.8) is 0 Å². The van der Waals surface area contributed by atoms with Crippen molar-refractivity contribution in [2.24, 2.45) is 0 Å². The molecule has 0 bridgehead atoms. The highest BCUT2D eigenvalue weighted by Gasteiger charge is 2.47. The summed E-state index contributed by atoms with van der Waals surface area (Å²) < 4.78 is 6.13. The molecule has 0 unspecified atom stereocenters. The van der Waals surface area contributed by atoms with E-state index >= 15 is 0 Å². The molecule has 0 saturated carbocycles. The lowest BCUT2D eigenvalue weighted by Gasteiger charge is -2.44. The zero-order valence-electron chi connectivity index (χ0n) is 16.3. The minimum absolute atomic E-state index is 0.0382. The maximum absolute atomic E-state index is 13.1. The Bertz CT molecular complexity index is 893. The second-order valence-electron chi connectivity index (χ2n) is 7.28. The number of ether oxygens (including phenoxy) is 1. The maximum atomic E-state index is 13.1. The van der Waals surface area contributed by atoms with Crippen molar-refractivity contribution in [3.8, 4) is 5.75 Å². The lowest BCUT2D eigenvalue weighted by Crippen LogP contribution is -2.53. The van der Waals surface area contributed by atoms with Gasteiger partial charge in [-0.05, 0) is 61.4 Å². The normalized spacial score (nSPS) is 18.1. The molecule has 1 spiro atoms. The average Bonchev–Trinajstić information content (AvgIpc) is 3.16. The molecule has 2 aromatic rings. The van der Waals surface area contributed by atoms with Gasteiger partial charge in [-0.3, -0.25) is 9.59 Å². The van der Waals surface area contributed by atoms with Gasteiger partial charge in [0.15, 0.2) is 0 Å². The maximum Gasteiger partial charge on any atom is 0.254 e. The van der Waals surface area contributed by atoms with E-state index in [9.17, 15) is 9.59 Å². The summed E-state index contributed by atoms with van der Waals surface area (Å²) in [5, 5.41) is 0. The smallest absolute Gasteiger partial charge is 0.254 e. The molecule has 2 aliphatic rings. The second kappa shape index (κ2) is 8.40. The fourth-order valence-electron chi connectivity index (χ4n) is 4.03. The van der Waals surface area contributed by atoms with Crippen LogP contribution in [-0.2, 0) is 0 Å². The van der Waals surface area contributed by atoms with Gasteiger partial charge in [-0.15, -0.1) is 11.8 Å². The summed E-state index contributed by atoms with van der Waals surface area (Å²) in [6.45, 7) is 2.07. The van der Waals surface area contributed by atoms with Crippen LogP contribution in [0.25, 0.3) is 0 Å². The van der Waals surface area contributed by atoms with Crippen molar-refractivity contribution in [3.05, 3.63) is 64.1 Å². The van der Waals surface area contributed by atoms with Gasteiger partial charge < -0.3 is 14.5 Å². The largest absolute Gasteiger partial charge is 0.497 e. The van der Waals surface area contributed by atoms with E-state index in [0.717, 1.165) is 35.4 Å². The summed E-state index contributed by atoms with van der Waals surface area (Å²) in [4.78, 5) is 29.7. The number of amides is 2. The Labute approximate surface area is 183 Å². The van der Waals surface area contributed by atoms with Crippen molar-refractivity contribution in [1.29, 1.82) is 0 Å². The number of piperidine rings is 1. The summed E-state index contributed by atoms with van der Waals surface area (Å²) in [7, 11) is 1.61. The van der Waals surface area contributed by atoms with Crippen LogP contribution < -0.4 is 4.74 Å². The van der Waals surface area contributed by atoms with Crippen molar-refractivity contribution < 1.29 is 14.3 Å². The first-order chi connectivity index (χ1) is 14.0. The Balaban J connectivity index is 1.44. The molecule has 2 amide bonds. The van der Waals surface area contributed by atoms with Crippen LogP contribution in [0, 0.1) is 0 Å². The van der Waals surface area contributed by atoms with E-state index in [1.165, 1.54) is 0 Å². The van der Waals surface area contributed by atoms with E-state index in [1.807, 2.05) is 58.0 Å². The number of benzene rings is 2. The molecule has 4 rings (SSSR count). The van der Waals surface area contributed by atoms with Crippen LogP contribution in [0.15, 0.2) is 53.0 Å². The van der Waals surface area contributed by atoms with Gasteiger partial charge in [-0.2, -0.15) is 0 Å². The molecule has 2 heterocycles. The van der Waals surface area contributed by atoms with Crippen molar-refractivity contribution in [2.45, 2.75) is 17.7 Å². The predicted molar refractivity (Wildman–Crippen MR) is 118 cm³/mol. The van der Waals surface area contributed by atoms with Crippen LogP contribution in [0.4, 0.5) is 0 Å². The predicted octanol–water partition coefficient (Wildman–Crippen LogP) is 4.28. The lowest BCUT2D eigenvalue weighted by molar-refractivity contribution is 0.0498. The van der Waals surface area contributed by atoms with Gasteiger partial charge >= 0.3 is 0 Å². The highest BCUT2D eigenvalue weighted by Crippen LogP contribution is 2.44. The molecule has 0 N–H and O–H groups in total. The Kier molecular flexibility index (Phi) is 5.88. The SMILES string of the molecule is COc1ccc(C(=O)N2CCC3(CC2)SCCN3C(=O)c2ccc(Br)cc2)cc1. The van der Waals surface area contributed by atoms with E-state index < -0.39 is 0 Å². The fourth-order valence-corrected chi connectivity index (χ4v) is 5.75. The highest BCUT2D eigenvalue weighted by atomic mass is 79.9. The second-order valence-corrected chi connectivity index (χ2v) is 9.65. The van der Waals surface area contributed by atoms with Crippen molar-refractivity contribution in [2.75, 3.05) is 32.5 Å². The molecule has 7 heteroatoms. The lowest BCUT2D eigenvalue weighted by atomic mass is 10.00. The minimum atomic E-state index is -0.207. The summed E-state index contributed by atoms with van der Waals surface area (Å²) in [6.07, 6.45) is 1.59. The molecule has 5 nitrogen and oxygen atoms in total. The number of carbonyl (C=O) groups is 2. The van der Waals surface area contributed by atoms with Crippen LogP contribution in [0.1, 0.15) is 33.6 Å². The summed E-state index contributed by atoms with van der Waals surface area (Å²) in [5.74, 6) is 1.80. The van der Waals surface area contributed by atoms with Gasteiger partial charge in [0.2, 0.25) is 0 Å². The molecule has 0 aromatic heterocycles. The van der Waals surface area contributed by atoms with Gasteiger partial charge in [-0.25, -0.2) is 0 Å². The standard InChI is InChI=1S/C22H23BrN2O3S/c1-28-19-8-4-16(5-9-19)20(26)24-12-10-22(11-13-24)25(14-15-29-22)21(27)17-2-6-18(23)7-3-17/h2-9H,10-15H2,1H3. The zero-order valence-corrected chi connectivity index (χ0v) is 18.7. The molecule has 152 valence electrons. The Hall–Kier alpha value is -1.99. The Morgan fingerprint density at radius 3 is 2.14 bits per heavy atom. The van der Waals surface area contributed by atoms with E-state index in [1.54, 1.807) is 19.2 Å². The van der Waals surface area contributed by atoms with Gasteiger partial charge in [-0.1, -0.05) is 15.9 Å². The number of carbonyl (C=O) groups excluding carboxylic acids is 2. The highest BCUT2D eigenvalue weighted by molar-refractivity contribution is 9.10. The van der Waals surface area contributed by atoms with E-state index in [2.05, 4.69) is 15.9 Å². The summed E-state index contributed by atoms with van der Waals surface area (Å²) >= 11 is 5.28. The Morgan fingerprint density at radius 2 is 1.52 bits per heavy atom. The van der Waals surface area contributed by atoms with E-state index in [-0.39, 0.29) is 16.7 Å². The Morgan fingerprint density at radius 1 is 0.931 bits per heavy atom. The number of hydrogen-bond acceptors (Lipinski definition) is 4. The zero-order chi connectivity index (χ0) is 20.4. The molecule has 0 radical (unpaired) electrons. The molecule has 29 heavy (non-hydrogen) atoms. The number of methoxy groups -OCH3 is 1. The third-order valence-corrected chi connectivity index (χ3v) is 7.76. The summed E-state index contributed by atoms with van der Waals surface area (Å²) in [5.41, 5.74) is 1.38. The van der Waals surface area contributed by atoms with Crippen LogP contribution in [-0.4, -0.2) is 59.0 Å². The summed E-state index contributed by atoms with van der Waals surface area (Å²) in [6, 6.07) is 14.8. The average molecular weight is 475 g/mol. The molecule has 2 aromatic carbocycles. The van der Waals surface area contributed by atoms with Gasteiger partial charge in [0, 0.05) is 41.0 Å². The first-order valence-electron chi connectivity index (χ1n) is 9.67. The van der Waals surface area contributed by atoms with Crippen molar-refractivity contribution >= 4 is 39.5 Å². The first kappa shape index (κ1) is 20.3. The van der Waals surface area contributed by atoms with Crippen LogP contribution in [0.5, 0.6) is 5.75 Å². The number of halogens is 1. The molecule has 0 aliphatic carbocycles. The van der Waals surface area contributed by atoms with Gasteiger partial charge in [0.1, 0.15) is 5.75 Å². The van der Waals surface area contributed by atoms with E-state index in [0.29, 0.717) is 24.2 Å². The molecule has 2 fully saturated rings. The van der Waals surface area contributed by atoms with Crippen LogP contribution in [0.2, 0.25) is 0 Å². The molecule has 0 atom stereocenters. The van der Waals surface area contributed by atoms with Crippen LogP contribution in [0.3, 0.4) is 0 Å². The number of rotatable bonds is 3. The molecule has 2 aliphatic heterocycles. The minimum Gasteiger partial charge on any atom is -0.497 e. The van der Waals surface area contributed by atoms with Gasteiger partial charge in [0.05, 0.1) is 12.0 Å². The quantitative estimate of drug-likeness (QED) is 0.665. The van der Waals surface area contributed by atoms with Crippen molar-refractivity contribution in [1.82, 2.24) is 9.80 Å². The third-order valence-electron chi connectivity index (χ3n) is 5.68. The number of likely N-dealkylation sites (tertiary alicyclic amines) is 1. The number of nitrogens with zero attached hydrogens (tertiary/aromatic N) is 2. The first-order valence-corrected chi connectivity index (χ1v) is 11.5. The third kappa shape index (κ3) is 4.03. The molecular weight excluding hydrogens is 452 g/mol. The number of thioether (sulfide) groups is 1. The monoisotopic (exact) mass is 474 g/mol. The number of hydrogen-bond donors (Lipinski definition) is 0. The van der Waals surface area contributed by atoms with Crippen LogP contribution >= 0.6 is 27.7 Å². The topological polar surface area (TPSA) is 49.9 Å².